The van der Waals surface area contributed by atoms with Gasteiger partial charge in [-0.1, -0.05) is 23.7 Å². The van der Waals surface area contributed by atoms with Gasteiger partial charge in [-0.15, -0.1) is 0 Å². The molecule has 0 bridgehead atoms. The third kappa shape index (κ3) is 4.09. The Hall–Kier alpha value is -2.58. The number of halogens is 3. The normalized spacial score (nSPS) is 15.4. The van der Waals surface area contributed by atoms with Crippen molar-refractivity contribution in [1.29, 1.82) is 0 Å². The fourth-order valence-electron chi connectivity index (χ4n) is 3.55. The summed E-state index contributed by atoms with van der Waals surface area (Å²) in [5.74, 6) is -0.232. The smallest absolute Gasteiger partial charge is 0.280 e. The molecule has 9 heteroatoms. The maximum Gasteiger partial charge on any atom is 0.280 e. The highest BCUT2D eigenvalue weighted by atomic mass is 35.5. The summed E-state index contributed by atoms with van der Waals surface area (Å²) in [5.41, 5.74) is 1.75. The van der Waals surface area contributed by atoms with Crippen molar-refractivity contribution < 1.29 is 13.6 Å². The van der Waals surface area contributed by atoms with Gasteiger partial charge in [0, 0.05) is 43.4 Å². The fraction of sp³-hybridized carbons (Fsp3) is 0.350. The van der Waals surface area contributed by atoms with Gasteiger partial charge in [0.15, 0.2) is 5.65 Å². The van der Waals surface area contributed by atoms with E-state index in [2.05, 4.69) is 15.0 Å². The van der Waals surface area contributed by atoms with Crippen LogP contribution in [0.5, 0.6) is 0 Å². The topological polar surface area (TPSA) is 53.7 Å². The quantitative estimate of drug-likeness (QED) is 0.648. The van der Waals surface area contributed by atoms with Crippen LogP contribution in [0.1, 0.15) is 33.7 Å². The first-order valence-electron chi connectivity index (χ1n) is 9.32. The zero-order chi connectivity index (χ0) is 20.5. The van der Waals surface area contributed by atoms with Gasteiger partial charge < -0.3 is 4.90 Å². The minimum atomic E-state index is -2.70. The van der Waals surface area contributed by atoms with Crippen LogP contribution in [0.2, 0.25) is 5.02 Å². The molecule has 0 atom stereocenters. The van der Waals surface area contributed by atoms with Gasteiger partial charge in [-0.2, -0.15) is 5.10 Å². The lowest BCUT2D eigenvalue weighted by atomic mass is 10.2. The number of aromatic nitrogens is 3. The lowest BCUT2D eigenvalue weighted by Crippen LogP contribution is -2.48. The van der Waals surface area contributed by atoms with E-state index in [1.165, 1.54) is 12.3 Å². The minimum absolute atomic E-state index is 0.175. The molecule has 1 fully saturated rings. The summed E-state index contributed by atoms with van der Waals surface area (Å²) in [6, 6.07) is 9.00. The van der Waals surface area contributed by atoms with E-state index in [4.69, 9.17) is 11.6 Å². The highest BCUT2D eigenvalue weighted by Gasteiger charge is 2.26. The number of fused-ring (bicyclic) bond motifs is 1. The van der Waals surface area contributed by atoms with E-state index in [1.807, 2.05) is 24.3 Å². The summed E-state index contributed by atoms with van der Waals surface area (Å²) >= 11 is 5.92. The van der Waals surface area contributed by atoms with Gasteiger partial charge in [0.1, 0.15) is 11.3 Å². The average molecular weight is 420 g/mol. The van der Waals surface area contributed by atoms with Crippen molar-refractivity contribution in [1.82, 2.24) is 24.4 Å². The third-order valence-corrected chi connectivity index (χ3v) is 5.31. The summed E-state index contributed by atoms with van der Waals surface area (Å²) < 4.78 is 27.6. The van der Waals surface area contributed by atoms with E-state index >= 15 is 0 Å². The second kappa shape index (κ2) is 8.04. The first-order valence-corrected chi connectivity index (χ1v) is 9.69. The van der Waals surface area contributed by atoms with E-state index in [0.29, 0.717) is 23.8 Å². The molecule has 29 heavy (non-hydrogen) atoms. The van der Waals surface area contributed by atoms with Crippen molar-refractivity contribution in [2.75, 3.05) is 26.2 Å². The van der Waals surface area contributed by atoms with E-state index < -0.39 is 6.43 Å². The Balaban J connectivity index is 1.46. The van der Waals surface area contributed by atoms with Crippen molar-refractivity contribution in [2.45, 2.75) is 19.9 Å². The maximum absolute atomic E-state index is 13.3. The summed E-state index contributed by atoms with van der Waals surface area (Å²) in [6.45, 7) is 4.97. The van der Waals surface area contributed by atoms with E-state index in [9.17, 15) is 13.6 Å². The number of carbonyl (C=O) groups excluding carboxylic acids is 1. The number of carbonyl (C=O) groups is 1. The van der Waals surface area contributed by atoms with Crippen LogP contribution in [-0.4, -0.2) is 56.5 Å². The molecule has 1 aliphatic heterocycles. The second-order valence-corrected chi connectivity index (χ2v) is 7.55. The maximum atomic E-state index is 13.3. The van der Waals surface area contributed by atoms with Crippen molar-refractivity contribution in [3.05, 3.63) is 64.1 Å². The molecular weight excluding hydrogens is 400 g/mol. The number of hydrogen-bond donors (Lipinski definition) is 0. The molecule has 0 aliphatic carbocycles. The summed E-state index contributed by atoms with van der Waals surface area (Å²) in [5, 5.41) is 4.69. The zero-order valence-corrected chi connectivity index (χ0v) is 16.6. The van der Waals surface area contributed by atoms with Crippen LogP contribution in [0.3, 0.4) is 0 Å². The molecule has 1 aromatic carbocycles. The number of nitrogens with zero attached hydrogens (tertiary/aromatic N) is 5. The Labute approximate surface area is 171 Å². The first kappa shape index (κ1) is 19.7. The molecule has 3 aromatic rings. The molecule has 3 heterocycles. The first-order chi connectivity index (χ1) is 13.9. The molecule has 1 aliphatic rings. The van der Waals surface area contributed by atoms with Crippen LogP contribution < -0.4 is 0 Å². The predicted molar refractivity (Wildman–Crippen MR) is 105 cm³/mol. The predicted octanol–water partition coefficient (Wildman–Crippen LogP) is 3.59. The van der Waals surface area contributed by atoms with Crippen molar-refractivity contribution in [2.24, 2.45) is 0 Å². The van der Waals surface area contributed by atoms with Crippen molar-refractivity contribution >= 4 is 23.2 Å². The monoisotopic (exact) mass is 419 g/mol. The summed E-state index contributed by atoms with van der Waals surface area (Å²) in [4.78, 5) is 21.2. The molecule has 1 saturated heterocycles. The number of benzene rings is 1. The molecule has 4 rings (SSSR count). The number of amides is 1. The summed E-state index contributed by atoms with van der Waals surface area (Å²) in [7, 11) is 0. The largest absolute Gasteiger partial charge is 0.336 e. The molecule has 1 amide bonds. The van der Waals surface area contributed by atoms with Gasteiger partial charge in [-0.05, 0) is 30.7 Å². The van der Waals surface area contributed by atoms with Crippen LogP contribution >= 0.6 is 11.6 Å². The van der Waals surface area contributed by atoms with E-state index in [0.717, 1.165) is 29.7 Å². The SMILES string of the molecule is Cc1cc(C(F)F)n2ncc(C(=O)N3CCN(Cc4ccc(Cl)cc4)CC3)c2n1. The molecule has 0 unspecified atom stereocenters. The Morgan fingerprint density at radius 2 is 1.86 bits per heavy atom. The van der Waals surface area contributed by atoms with E-state index in [1.54, 1.807) is 11.8 Å². The lowest BCUT2D eigenvalue weighted by Gasteiger charge is -2.34. The van der Waals surface area contributed by atoms with Gasteiger partial charge in [-0.3, -0.25) is 9.69 Å². The second-order valence-electron chi connectivity index (χ2n) is 7.11. The number of rotatable bonds is 4. The van der Waals surface area contributed by atoms with Crippen LogP contribution in [0.4, 0.5) is 8.78 Å². The van der Waals surface area contributed by atoms with Crippen LogP contribution in [-0.2, 0) is 6.54 Å². The van der Waals surface area contributed by atoms with Gasteiger partial charge in [0.2, 0.25) is 0 Å². The standard InChI is InChI=1S/C20H20ClF2N5O/c1-13-10-17(18(22)23)28-19(25-13)16(11-24-28)20(29)27-8-6-26(7-9-27)12-14-2-4-15(21)5-3-14/h2-5,10-11,18H,6-9,12H2,1H3. The minimum Gasteiger partial charge on any atom is -0.336 e. The van der Waals surface area contributed by atoms with Crippen molar-refractivity contribution in [3.8, 4) is 0 Å². The number of piperazine rings is 1. The Morgan fingerprint density at radius 3 is 2.52 bits per heavy atom. The number of hydrogen-bond acceptors (Lipinski definition) is 4. The Bertz CT molecular complexity index is 1030. The number of alkyl halides is 2. The van der Waals surface area contributed by atoms with Crippen LogP contribution in [0.25, 0.3) is 5.65 Å². The summed E-state index contributed by atoms with van der Waals surface area (Å²) in [6.07, 6.45) is -1.37. The zero-order valence-electron chi connectivity index (χ0n) is 15.9. The van der Waals surface area contributed by atoms with E-state index in [-0.39, 0.29) is 22.8 Å². The Morgan fingerprint density at radius 1 is 1.17 bits per heavy atom. The Kier molecular flexibility index (Phi) is 5.47. The van der Waals surface area contributed by atoms with Crippen LogP contribution in [0.15, 0.2) is 36.5 Å². The molecule has 0 N–H and O–H groups in total. The van der Waals surface area contributed by atoms with Gasteiger partial charge in [0.05, 0.1) is 6.20 Å². The van der Waals surface area contributed by atoms with Gasteiger partial charge in [-0.25, -0.2) is 18.3 Å². The molecule has 0 saturated carbocycles. The average Bonchev–Trinajstić information content (AvgIpc) is 3.12. The third-order valence-electron chi connectivity index (χ3n) is 5.06. The lowest BCUT2D eigenvalue weighted by molar-refractivity contribution is 0.0630. The molecule has 0 radical (unpaired) electrons. The van der Waals surface area contributed by atoms with Crippen molar-refractivity contribution in [3.63, 3.8) is 0 Å². The number of aryl methyl sites for hydroxylation is 1. The highest BCUT2D eigenvalue weighted by molar-refractivity contribution is 6.30. The molecule has 6 nitrogen and oxygen atoms in total. The fourth-order valence-corrected chi connectivity index (χ4v) is 3.67. The molecule has 2 aromatic heterocycles. The molecular formula is C20H20ClF2N5O. The van der Waals surface area contributed by atoms with Gasteiger partial charge >= 0.3 is 0 Å². The highest BCUT2D eigenvalue weighted by Crippen LogP contribution is 2.23. The van der Waals surface area contributed by atoms with Gasteiger partial charge in [0.25, 0.3) is 12.3 Å². The van der Waals surface area contributed by atoms with Crippen LogP contribution in [0, 0.1) is 6.92 Å². The molecule has 152 valence electrons. The molecule has 0 spiro atoms.